The molecular formula is C18H14F6N4O4. The van der Waals surface area contributed by atoms with Gasteiger partial charge in [0.15, 0.2) is 17.5 Å². The molecule has 0 aliphatic carbocycles. The topological polar surface area (TPSA) is 113 Å². The van der Waals surface area contributed by atoms with Crippen LogP contribution in [0.15, 0.2) is 30.3 Å². The molecule has 2 amide bonds. The molecule has 3 N–H and O–H groups in total. The Labute approximate surface area is 175 Å². The number of amides is 2. The molecule has 0 unspecified atom stereocenters. The van der Waals surface area contributed by atoms with Crippen LogP contribution in [0.1, 0.15) is 12.0 Å². The average molecular weight is 464 g/mol. The van der Waals surface area contributed by atoms with Crippen LogP contribution in [0.3, 0.4) is 0 Å². The minimum Gasteiger partial charge on any atom is -0.379 e. The molecule has 0 aromatic heterocycles. The maximum Gasteiger partial charge on any atom is 0.416 e. The smallest absolute Gasteiger partial charge is 0.379 e. The molecule has 2 aromatic carbocycles. The number of hydrogen-bond acceptors (Lipinski definition) is 5. The molecule has 0 bridgehead atoms. The van der Waals surface area contributed by atoms with Crippen LogP contribution in [0.2, 0.25) is 0 Å². The van der Waals surface area contributed by atoms with Gasteiger partial charge in [0.25, 0.3) is 5.69 Å². The number of carbonyl (C=O) groups excluding carboxylic acids is 2. The van der Waals surface area contributed by atoms with Crippen molar-refractivity contribution in [2.24, 2.45) is 0 Å². The van der Waals surface area contributed by atoms with E-state index in [0.717, 1.165) is 12.1 Å². The first-order valence-corrected chi connectivity index (χ1v) is 8.69. The van der Waals surface area contributed by atoms with Gasteiger partial charge in [-0.1, -0.05) is 0 Å². The Bertz CT molecular complexity index is 1040. The zero-order valence-corrected chi connectivity index (χ0v) is 15.9. The zero-order chi connectivity index (χ0) is 24.1. The van der Waals surface area contributed by atoms with Crippen LogP contribution in [-0.2, 0) is 15.8 Å². The van der Waals surface area contributed by atoms with Crippen LogP contribution >= 0.6 is 0 Å². The number of carbonyl (C=O) groups is 2. The lowest BCUT2D eigenvalue weighted by Gasteiger charge is -2.11. The number of nitro benzene ring substituents is 1. The van der Waals surface area contributed by atoms with Crippen molar-refractivity contribution in [1.29, 1.82) is 0 Å². The molecule has 0 radical (unpaired) electrons. The lowest BCUT2D eigenvalue weighted by Crippen LogP contribution is -2.33. The van der Waals surface area contributed by atoms with E-state index in [9.17, 15) is 46.0 Å². The molecule has 0 fully saturated rings. The SMILES string of the molecule is O=C(CCNc1ccc(C(F)(F)F)cc1[N+](=O)[O-])NCC(=O)Nc1ccc(F)c(F)c1F. The highest BCUT2D eigenvalue weighted by Gasteiger charge is 2.33. The van der Waals surface area contributed by atoms with Gasteiger partial charge in [0, 0.05) is 19.0 Å². The maximum atomic E-state index is 13.5. The minimum absolute atomic E-state index is 0.225. The molecule has 0 saturated heterocycles. The molecule has 0 aliphatic heterocycles. The summed E-state index contributed by atoms with van der Waals surface area (Å²) < 4.78 is 77.5. The number of nitrogens with zero attached hydrogens (tertiary/aromatic N) is 1. The summed E-state index contributed by atoms with van der Waals surface area (Å²) in [5, 5.41) is 17.5. The summed E-state index contributed by atoms with van der Waals surface area (Å²) in [6, 6.07) is 3.22. The quantitative estimate of drug-likeness (QED) is 0.239. The first-order valence-electron chi connectivity index (χ1n) is 8.69. The standard InChI is InChI=1S/C18H14F6N4O4/c19-10-2-4-12(17(21)16(10)20)27-15(30)8-26-14(29)5-6-25-11-3-1-9(18(22,23)24)7-13(11)28(31)32/h1-4,7,25H,5-6,8H2,(H,26,29)(H,27,30). The van der Waals surface area contributed by atoms with E-state index < -0.39 is 63.8 Å². The van der Waals surface area contributed by atoms with Gasteiger partial charge in [-0.2, -0.15) is 13.2 Å². The summed E-state index contributed by atoms with van der Waals surface area (Å²) in [5.74, 6) is -6.53. The highest BCUT2D eigenvalue weighted by Crippen LogP contribution is 2.34. The first-order chi connectivity index (χ1) is 14.9. The van der Waals surface area contributed by atoms with Crippen molar-refractivity contribution in [3.8, 4) is 0 Å². The predicted octanol–water partition coefficient (Wildman–Crippen LogP) is 3.59. The molecule has 0 spiro atoms. The zero-order valence-electron chi connectivity index (χ0n) is 15.9. The normalized spacial score (nSPS) is 11.1. The lowest BCUT2D eigenvalue weighted by molar-refractivity contribution is -0.384. The van der Waals surface area contributed by atoms with Gasteiger partial charge < -0.3 is 16.0 Å². The van der Waals surface area contributed by atoms with Crippen molar-refractivity contribution < 1.29 is 40.9 Å². The number of halogens is 6. The molecule has 2 rings (SSSR count). The highest BCUT2D eigenvalue weighted by molar-refractivity contribution is 5.94. The second kappa shape index (κ2) is 9.98. The lowest BCUT2D eigenvalue weighted by atomic mass is 10.1. The van der Waals surface area contributed by atoms with Crippen LogP contribution in [0.5, 0.6) is 0 Å². The van der Waals surface area contributed by atoms with Crippen LogP contribution < -0.4 is 16.0 Å². The highest BCUT2D eigenvalue weighted by atomic mass is 19.4. The van der Waals surface area contributed by atoms with Gasteiger partial charge in [0.2, 0.25) is 11.8 Å². The third-order valence-corrected chi connectivity index (χ3v) is 3.94. The summed E-state index contributed by atoms with van der Waals surface area (Å²) in [5.41, 5.74) is -2.94. The average Bonchev–Trinajstić information content (AvgIpc) is 2.72. The number of hydrogen-bond donors (Lipinski definition) is 3. The largest absolute Gasteiger partial charge is 0.416 e. The van der Waals surface area contributed by atoms with E-state index in [2.05, 4.69) is 10.6 Å². The summed E-state index contributed by atoms with van der Waals surface area (Å²) in [4.78, 5) is 33.4. The second-order valence-corrected chi connectivity index (χ2v) is 6.21. The molecule has 2 aromatic rings. The fourth-order valence-corrected chi connectivity index (χ4v) is 2.40. The molecule has 14 heteroatoms. The van der Waals surface area contributed by atoms with Gasteiger partial charge in [0.1, 0.15) is 5.69 Å². The monoisotopic (exact) mass is 464 g/mol. The minimum atomic E-state index is -4.77. The Hall–Kier alpha value is -3.84. The first kappa shape index (κ1) is 24.4. The molecular weight excluding hydrogens is 450 g/mol. The molecule has 32 heavy (non-hydrogen) atoms. The number of benzene rings is 2. The molecule has 8 nitrogen and oxygen atoms in total. The number of nitro groups is 1. The molecule has 172 valence electrons. The van der Waals surface area contributed by atoms with Gasteiger partial charge in [-0.05, 0) is 24.3 Å². The Morgan fingerprint density at radius 1 is 0.969 bits per heavy atom. The van der Waals surface area contributed by atoms with Crippen LogP contribution in [-0.4, -0.2) is 29.8 Å². The van der Waals surface area contributed by atoms with E-state index in [4.69, 9.17) is 0 Å². The molecule has 0 saturated carbocycles. The van der Waals surface area contributed by atoms with Crippen LogP contribution in [0, 0.1) is 27.6 Å². The summed E-state index contributed by atoms with van der Waals surface area (Å²) in [6.07, 6.45) is -5.10. The Morgan fingerprint density at radius 3 is 2.25 bits per heavy atom. The van der Waals surface area contributed by atoms with Crippen LogP contribution in [0.4, 0.5) is 43.4 Å². The Balaban J connectivity index is 1.86. The third-order valence-electron chi connectivity index (χ3n) is 3.94. The maximum absolute atomic E-state index is 13.5. The van der Waals surface area contributed by atoms with Crippen LogP contribution in [0.25, 0.3) is 0 Å². The van der Waals surface area contributed by atoms with E-state index in [-0.39, 0.29) is 18.7 Å². The van der Waals surface area contributed by atoms with E-state index in [0.29, 0.717) is 18.2 Å². The number of anilines is 2. The van der Waals surface area contributed by atoms with Gasteiger partial charge in [-0.3, -0.25) is 19.7 Å². The van der Waals surface area contributed by atoms with Gasteiger partial charge >= 0.3 is 6.18 Å². The van der Waals surface area contributed by atoms with E-state index in [1.54, 1.807) is 0 Å². The fraction of sp³-hybridized carbons (Fsp3) is 0.222. The second-order valence-electron chi connectivity index (χ2n) is 6.21. The predicted molar refractivity (Wildman–Crippen MR) is 99.2 cm³/mol. The van der Waals surface area contributed by atoms with Crippen molar-refractivity contribution in [3.63, 3.8) is 0 Å². The van der Waals surface area contributed by atoms with Gasteiger partial charge in [-0.15, -0.1) is 0 Å². The molecule has 0 heterocycles. The summed E-state index contributed by atoms with van der Waals surface area (Å²) in [6.45, 7) is -0.880. The number of nitrogens with one attached hydrogen (secondary N) is 3. The van der Waals surface area contributed by atoms with Gasteiger partial charge in [-0.25, -0.2) is 13.2 Å². The summed E-state index contributed by atoms with van der Waals surface area (Å²) >= 11 is 0. The van der Waals surface area contributed by atoms with Gasteiger partial charge in [0.05, 0.1) is 22.7 Å². The Kier molecular flexibility index (Phi) is 7.62. The number of rotatable bonds is 8. The van der Waals surface area contributed by atoms with Crippen molar-refractivity contribution in [1.82, 2.24) is 5.32 Å². The Morgan fingerprint density at radius 2 is 1.62 bits per heavy atom. The van der Waals surface area contributed by atoms with E-state index in [1.165, 1.54) is 0 Å². The number of alkyl halides is 3. The third kappa shape index (κ3) is 6.33. The van der Waals surface area contributed by atoms with Crippen molar-refractivity contribution in [3.05, 3.63) is 63.5 Å². The summed E-state index contributed by atoms with van der Waals surface area (Å²) in [7, 11) is 0. The molecule has 0 atom stereocenters. The van der Waals surface area contributed by atoms with E-state index >= 15 is 0 Å². The van der Waals surface area contributed by atoms with Crippen molar-refractivity contribution >= 4 is 28.9 Å². The van der Waals surface area contributed by atoms with Crippen molar-refractivity contribution in [2.45, 2.75) is 12.6 Å². The fourth-order valence-electron chi connectivity index (χ4n) is 2.40. The molecule has 0 aliphatic rings. The van der Waals surface area contributed by atoms with Crippen molar-refractivity contribution in [2.75, 3.05) is 23.7 Å². The van der Waals surface area contributed by atoms with E-state index in [1.807, 2.05) is 5.32 Å².